The largest absolute Gasteiger partial charge is 0.356 e. The van der Waals surface area contributed by atoms with E-state index in [9.17, 15) is 14.4 Å². The molecule has 6 nitrogen and oxygen atoms in total. The fraction of sp³-hybridized carbons (Fsp3) is 0.864. The van der Waals surface area contributed by atoms with Gasteiger partial charge in [-0.1, -0.05) is 58.3 Å². The second-order valence-corrected chi connectivity index (χ2v) is 7.77. The van der Waals surface area contributed by atoms with Gasteiger partial charge in [-0.3, -0.25) is 14.4 Å². The topological polar surface area (TPSA) is 78.5 Å². The molecule has 0 aliphatic carbocycles. The van der Waals surface area contributed by atoms with Crippen LogP contribution in [0.25, 0.3) is 0 Å². The highest BCUT2D eigenvalue weighted by molar-refractivity contribution is 5.77. The molecule has 0 fully saturated rings. The minimum absolute atomic E-state index is 0.0227. The summed E-state index contributed by atoms with van der Waals surface area (Å²) < 4.78 is 0. The number of amides is 3. The Morgan fingerprint density at radius 2 is 1.04 bits per heavy atom. The van der Waals surface area contributed by atoms with E-state index < -0.39 is 0 Å². The molecule has 0 saturated heterocycles. The van der Waals surface area contributed by atoms with Gasteiger partial charge in [0.2, 0.25) is 17.7 Å². The molecule has 2 N–H and O–H groups in total. The molecule has 3 amide bonds. The number of rotatable bonds is 18. The van der Waals surface area contributed by atoms with Crippen LogP contribution in [0, 0.1) is 0 Å². The van der Waals surface area contributed by atoms with E-state index in [-0.39, 0.29) is 17.7 Å². The van der Waals surface area contributed by atoms with Gasteiger partial charge in [0.25, 0.3) is 0 Å². The third-order valence-corrected chi connectivity index (χ3v) is 4.80. The first-order valence-electron chi connectivity index (χ1n) is 11.2. The summed E-state index contributed by atoms with van der Waals surface area (Å²) in [6.07, 6.45) is 14.0. The lowest BCUT2D eigenvalue weighted by Gasteiger charge is -2.10. The lowest BCUT2D eigenvalue weighted by atomic mass is 10.1. The molecule has 0 aromatic rings. The van der Waals surface area contributed by atoms with E-state index in [2.05, 4.69) is 17.6 Å². The second kappa shape index (κ2) is 18.8. The zero-order valence-electron chi connectivity index (χ0n) is 18.5. The first-order valence-corrected chi connectivity index (χ1v) is 11.2. The molecule has 0 atom stereocenters. The fourth-order valence-corrected chi connectivity index (χ4v) is 2.94. The molecule has 0 aromatic carbocycles. The highest BCUT2D eigenvalue weighted by Crippen LogP contribution is 2.10. The van der Waals surface area contributed by atoms with Crippen LogP contribution in [0.5, 0.6) is 0 Å². The summed E-state index contributed by atoms with van der Waals surface area (Å²) in [5.74, 6) is 0.139. The Hall–Kier alpha value is -1.59. The van der Waals surface area contributed by atoms with Gasteiger partial charge in [0.05, 0.1) is 0 Å². The lowest BCUT2D eigenvalue weighted by molar-refractivity contribution is -0.129. The Kier molecular flexibility index (Phi) is 17.7. The maximum Gasteiger partial charge on any atom is 0.222 e. The maximum absolute atomic E-state index is 11.8. The smallest absolute Gasteiger partial charge is 0.222 e. The molecule has 28 heavy (non-hydrogen) atoms. The molecule has 0 aromatic heterocycles. The minimum atomic E-state index is -0.0227. The molecule has 0 aliphatic heterocycles. The van der Waals surface area contributed by atoms with Crippen LogP contribution in [0.15, 0.2) is 0 Å². The summed E-state index contributed by atoms with van der Waals surface area (Å²) in [5, 5.41) is 5.70. The molecule has 0 rings (SSSR count). The molecule has 0 saturated carbocycles. The van der Waals surface area contributed by atoms with Crippen molar-refractivity contribution in [1.82, 2.24) is 15.5 Å². The number of hydrogen-bond acceptors (Lipinski definition) is 3. The van der Waals surface area contributed by atoms with Gasteiger partial charge >= 0.3 is 0 Å². The van der Waals surface area contributed by atoms with Crippen molar-refractivity contribution < 1.29 is 14.4 Å². The van der Waals surface area contributed by atoms with Crippen molar-refractivity contribution in [2.45, 2.75) is 96.8 Å². The van der Waals surface area contributed by atoms with Crippen LogP contribution in [0.1, 0.15) is 96.8 Å². The summed E-state index contributed by atoms with van der Waals surface area (Å²) in [6.45, 7) is 3.30. The highest BCUT2D eigenvalue weighted by Gasteiger charge is 2.05. The SMILES string of the molecule is CCCCCCCCCCCC(=O)NCCCC(=O)NCCCC(=O)N(C)C. The van der Waals surface area contributed by atoms with E-state index in [0.717, 1.165) is 12.8 Å². The number of carbonyl (C=O) groups excluding carboxylic acids is 3. The van der Waals surface area contributed by atoms with Gasteiger partial charge in [-0.2, -0.15) is 0 Å². The molecule has 0 aliphatic rings. The van der Waals surface area contributed by atoms with Crippen molar-refractivity contribution in [2.24, 2.45) is 0 Å². The first kappa shape index (κ1) is 26.4. The Morgan fingerprint density at radius 1 is 0.607 bits per heavy atom. The van der Waals surface area contributed by atoms with Crippen LogP contribution in [-0.4, -0.2) is 49.8 Å². The third-order valence-electron chi connectivity index (χ3n) is 4.80. The van der Waals surface area contributed by atoms with E-state index in [0.29, 0.717) is 45.2 Å². The zero-order valence-corrected chi connectivity index (χ0v) is 18.5. The number of hydrogen-bond donors (Lipinski definition) is 2. The van der Waals surface area contributed by atoms with E-state index >= 15 is 0 Å². The van der Waals surface area contributed by atoms with Gasteiger partial charge in [0.15, 0.2) is 0 Å². The van der Waals surface area contributed by atoms with Crippen molar-refractivity contribution in [2.75, 3.05) is 27.2 Å². The average Bonchev–Trinajstić information content (AvgIpc) is 2.67. The van der Waals surface area contributed by atoms with Crippen molar-refractivity contribution in [1.29, 1.82) is 0 Å². The van der Waals surface area contributed by atoms with E-state index in [1.54, 1.807) is 19.0 Å². The second-order valence-electron chi connectivity index (χ2n) is 7.77. The average molecular weight is 398 g/mol. The lowest BCUT2D eigenvalue weighted by Crippen LogP contribution is -2.28. The van der Waals surface area contributed by atoms with Gasteiger partial charge in [-0.05, 0) is 19.3 Å². The Bertz CT molecular complexity index is 425. The van der Waals surface area contributed by atoms with Crippen molar-refractivity contribution in [3.63, 3.8) is 0 Å². The van der Waals surface area contributed by atoms with Gasteiger partial charge in [0, 0.05) is 46.4 Å². The number of nitrogens with one attached hydrogen (secondary N) is 2. The minimum Gasteiger partial charge on any atom is -0.356 e. The monoisotopic (exact) mass is 397 g/mol. The molecule has 0 radical (unpaired) electrons. The molecular formula is C22H43N3O3. The highest BCUT2D eigenvalue weighted by atomic mass is 16.2. The van der Waals surface area contributed by atoms with Crippen LogP contribution >= 0.6 is 0 Å². The fourth-order valence-electron chi connectivity index (χ4n) is 2.94. The van der Waals surface area contributed by atoms with Gasteiger partial charge < -0.3 is 15.5 Å². The van der Waals surface area contributed by atoms with Crippen molar-refractivity contribution >= 4 is 17.7 Å². The van der Waals surface area contributed by atoms with Crippen LogP contribution in [-0.2, 0) is 14.4 Å². The molecule has 6 heteroatoms. The maximum atomic E-state index is 11.8. The van der Waals surface area contributed by atoms with Crippen LogP contribution in [0.4, 0.5) is 0 Å². The summed E-state index contributed by atoms with van der Waals surface area (Å²) in [6, 6.07) is 0. The van der Waals surface area contributed by atoms with E-state index in [1.807, 2.05) is 0 Å². The standard InChI is InChI=1S/C22H43N3O3/c1-4-5-6-7-8-9-10-11-12-15-20(26)23-18-13-16-21(27)24-19-14-17-22(28)25(2)3/h4-19H2,1-3H3,(H,23,26)(H,24,27). The predicted molar refractivity (Wildman–Crippen MR) is 115 cm³/mol. The third kappa shape index (κ3) is 17.8. The normalized spacial score (nSPS) is 10.5. The molecule has 0 bridgehead atoms. The number of unbranched alkanes of at least 4 members (excludes halogenated alkanes) is 8. The molecular weight excluding hydrogens is 354 g/mol. The summed E-state index contributed by atoms with van der Waals surface area (Å²) >= 11 is 0. The summed E-state index contributed by atoms with van der Waals surface area (Å²) in [5.41, 5.74) is 0. The zero-order chi connectivity index (χ0) is 21.0. The van der Waals surface area contributed by atoms with Crippen LogP contribution in [0.3, 0.4) is 0 Å². The molecule has 0 heterocycles. The quantitative estimate of drug-likeness (QED) is 0.345. The molecule has 0 unspecified atom stereocenters. The number of nitrogens with zero attached hydrogens (tertiary/aromatic N) is 1. The predicted octanol–water partition coefficient (Wildman–Crippen LogP) is 3.79. The Balaban J connectivity index is 3.40. The Labute approximate surface area is 172 Å². The van der Waals surface area contributed by atoms with Crippen LogP contribution < -0.4 is 10.6 Å². The summed E-state index contributed by atoms with van der Waals surface area (Å²) in [4.78, 5) is 36.4. The van der Waals surface area contributed by atoms with Crippen molar-refractivity contribution in [3.05, 3.63) is 0 Å². The Morgan fingerprint density at radius 3 is 1.54 bits per heavy atom. The van der Waals surface area contributed by atoms with Gasteiger partial charge in [0.1, 0.15) is 0 Å². The molecule has 164 valence electrons. The van der Waals surface area contributed by atoms with Crippen molar-refractivity contribution in [3.8, 4) is 0 Å². The first-order chi connectivity index (χ1) is 13.5. The number of carbonyl (C=O) groups is 3. The van der Waals surface area contributed by atoms with Gasteiger partial charge in [-0.15, -0.1) is 0 Å². The van der Waals surface area contributed by atoms with Gasteiger partial charge in [-0.25, -0.2) is 0 Å². The van der Waals surface area contributed by atoms with Crippen LogP contribution in [0.2, 0.25) is 0 Å². The van der Waals surface area contributed by atoms with E-state index in [1.165, 1.54) is 44.9 Å². The molecule has 0 spiro atoms. The van der Waals surface area contributed by atoms with E-state index in [4.69, 9.17) is 0 Å². The summed E-state index contributed by atoms with van der Waals surface area (Å²) in [7, 11) is 3.45.